The summed E-state index contributed by atoms with van der Waals surface area (Å²) in [5.41, 5.74) is 3.53. The lowest BCUT2D eigenvalue weighted by molar-refractivity contribution is -0.207. The second-order valence-corrected chi connectivity index (χ2v) is 12.3. The Kier molecular flexibility index (Phi) is 12.9. The van der Waals surface area contributed by atoms with Crippen molar-refractivity contribution in [3.63, 3.8) is 0 Å². The van der Waals surface area contributed by atoms with Gasteiger partial charge in [-0.2, -0.15) is 13.2 Å². The van der Waals surface area contributed by atoms with Crippen LogP contribution in [0.15, 0.2) is 60.5 Å². The van der Waals surface area contributed by atoms with Crippen LogP contribution in [-0.2, 0) is 32.0 Å². The normalized spacial score (nSPS) is 12.3. The zero-order valence-corrected chi connectivity index (χ0v) is 28.4. The van der Waals surface area contributed by atoms with E-state index in [1.165, 1.54) is 43.2 Å². The van der Waals surface area contributed by atoms with Gasteiger partial charge in [0.25, 0.3) is 0 Å². The van der Waals surface area contributed by atoms with Crippen LogP contribution in [-0.4, -0.2) is 70.2 Å². The summed E-state index contributed by atoms with van der Waals surface area (Å²) in [6.07, 6.45) is 1.69. The van der Waals surface area contributed by atoms with Crippen molar-refractivity contribution in [2.75, 3.05) is 20.2 Å². The van der Waals surface area contributed by atoms with Gasteiger partial charge in [0, 0.05) is 38.1 Å². The van der Waals surface area contributed by atoms with Crippen LogP contribution in [0.25, 0.3) is 22.3 Å². The summed E-state index contributed by atoms with van der Waals surface area (Å²) >= 11 is 0. The summed E-state index contributed by atoms with van der Waals surface area (Å²) < 4.78 is 60.8. The second-order valence-electron chi connectivity index (χ2n) is 12.3. The van der Waals surface area contributed by atoms with Gasteiger partial charge in [-0.25, -0.2) is 9.37 Å². The number of aromatic nitrogens is 2. The first-order chi connectivity index (χ1) is 23.3. The number of nitrogens with two attached hydrogens (primary N) is 1. The number of likely N-dealkylation sites (N-methyl/N-ethyl adjacent to an activating group) is 1. The molecule has 0 atom stereocenters. The van der Waals surface area contributed by atoms with Crippen LogP contribution in [0.2, 0.25) is 0 Å². The second kappa shape index (κ2) is 16.4. The molecule has 10 nitrogen and oxygen atoms in total. The molecule has 1 amide bonds. The van der Waals surface area contributed by atoms with E-state index < -0.39 is 46.8 Å². The topological polar surface area (TPSA) is 156 Å². The lowest BCUT2D eigenvalue weighted by atomic mass is 9.86. The molecule has 0 saturated carbocycles. The number of ketones is 3. The van der Waals surface area contributed by atoms with Crippen LogP contribution < -0.4 is 10.5 Å². The molecule has 0 spiro atoms. The number of ether oxygens (including phenoxy) is 1. The van der Waals surface area contributed by atoms with Crippen molar-refractivity contribution in [1.82, 2.24) is 14.9 Å². The lowest BCUT2D eigenvalue weighted by Gasteiger charge is -2.24. The summed E-state index contributed by atoms with van der Waals surface area (Å²) in [5, 5.41) is 7.95. The van der Waals surface area contributed by atoms with Gasteiger partial charge < -0.3 is 15.4 Å². The van der Waals surface area contributed by atoms with Crippen LogP contribution >= 0.6 is 0 Å². The number of nitrogens with one attached hydrogen (secondary N) is 1. The summed E-state index contributed by atoms with van der Waals surface area (Å²) in [4.78, 5) is 58.3. The number of rotatable bonds is 16. The summed E-state index contributed by atoms with van der Waals surface area (Å²) in [6.45, 7) is 4.82. The average molecular weight is 698 g/mol. The van der Waals surface area contributed by atoms with E-state index in [4.69, 9.17) is 15.9 Å². The van der Waals surface area contributed by atoms with Gasteiger partial charge in [-0.1, -0.05) is 18.2 Å². The highest BCUT2D eigenvalue weighted by molar-refractivity contribution is 6.45. The van der Waals surface area contributed by atoms with Crippen molar-refractivity contribution in [3.05, 3.63) is 77.4 Å². The molecule has 0 aliphatic heterocycles. The van der Waals surface area contributed by atoms with Gasteiger partial charge in [0.1, 0.15) is 29.3 Å². The quantitative estimate of drug-likeness (QED) is 0.0812. The first-order valence-electron chi connectivity index (χ1n) is 15.6. The number of benzene rings is 2. The SMILES string of the molecule is CC(=O)/C=C/CCCc1cc2ncc(-c3ccc(CC(=O)C(=N)C(N)=CC(=O)C(C)(C)C(F)(F)F)c(F)c3)nc2cc1OCCN(C)C(C)=O. The van der Waals surface area contributed by atoms with Crippen LogP contribution in [0.5, 0.6) is 5.75 Å². The van der Waals surface area contributed by atoms with Crippen molar-refractivity contribution in [2.45, 2.75) is 59.6 Å². The number of carbonyl (C=O) groups excluding carboxylic acids is 4. The highest BCUT2D eigenvalue weighted by atomic mass is 19.4. The van der Waals surface area contributed by atoms with E-state index in [9.17, 15) is 32.3 Å². The molecule has 0 unspecified atom stereocenters. The Bertz CT molecular complexity index is 1870. The zero-order chi connectivity index (χ0) is 37.4. The van der Waals surface area contributed by atoms with Crippen molar-refractivity contribution in [1.29, 1.82) is 5.41 Å². The van der Waals surface area contributed by atoms with E-state index in [0.717, 1.165) is 18.1 Å². The maximum atomic E-state index is 15.2. The molecule has 3 aromatic rings. The molecule has 50 heavy (non-hydrogen) atoms. The number of aryl methyl sites for hydroxylation is 1. The molecule has 0 fully saturated rings. The summed E-state index contributed by atoms with van der Waals surface area (Å²) in [7, 11) is 1.66. The van der Waals surface area contributed by atoms with Gasteiger partial charge in [0.15, 0.2) is 17.3 Å². The minimum Gasteiger partial charge on any atom is -0.491 e. The first kappa shape index (κ1) is 39.2. The van der Waals surface area contributed by atoms with E-state index in [0.29, 0.717) is 67.4 Å². The number of nitrogens with zero attached hydrogens (tertiary/aromatic N) is 3. The molecule has 1 heterocycles. The predicted octanol–water partition coefficient (Wildman–Crippen LogP) is 5.89. The Morgan fingerprint density at radius 2 is 1.74 bits per heavy atom. The summed E-state index contributed by atoms with van der Waals surface area (Å²) in [6, 6.07) is 7.50. The van der Waals surface area contributed by atoms with E-state index in [-0.39, 0.29) is 23.9 Å². The van der Waals surface area contributed by atoms with Gasteiger partial charge in [0.05, 0.1) is 35.2 Å². The average Bonchev–Trinajstić information content (AvgIpc) is 3.03. The molecule has 0 radical (unpaired) electrons. The minimum atomic E-state index is -4.88. The van der Waals surface area contributed by atoms with Gasteiger partial charge in [-0.05, 0) is 69.4 Å². The predicted molar refractivity (Wildman–Crippen MR) is 180 cm³/mol. The molecule has 266 valence electrons. The van der Waals surface area contributed by atoms with E-state index in [1.54, 1.807) is 19.2 Å². The molecule has 0 aliphatic rings. The number of amides is 1. The monoisotopic (exact) mass is 697 g/mol. The number of carbonyl (C=O) groups is 4. The Balaban J connectivity index is 1.83. The minimum absolute atomic E-state index is 0.0362. The molecule has 0 saturated heterocycles. The number of Topliss-reactive ketones (excluding diaryl/α,β-unsaturated/α-hetero) is 1. The standard InChI is InChI=1S/C36H39F4N5O5/c1-21(46)9-7-6-8-10-25-16-28-29(19-32(25)50-14-13-45(5)22(2)47)44-30(20-43-28)24-12-11-23(26(37)15-24)17-31(48)34(42)27(41)18-33(49)35(3,4)36(38,39)40/h7,9,11-12,15-16,18-20,42H,6,8,10,13-14,17,41H2,1-5H3/b9-7+,27-18?,42-34?. The number of hydrogen-bond donors (Lipinski definition) is 2. The van der Waals surface area contributed by atoms with Crippen LogP contribution in [0.4, 0.5) is 17.6 Å². The van der Waals surface area contributed by atoms with E-state index >= 15 is 4.39 Å². The number of alkyl halides is 3. The molecule has 14 heteroatoms. The molecule has 2 aromatic carbocycles. The number of unbranched alkanes of at least 4 members (excludes halogenated alkanes) is 1. The molecule has 3 N–H and O–H groups in total. The van der Waals surface area contributed by atoms with Crippen molar-refractivity contribution in [2.24, 2.45) is 11.1 Å². The van der Waals surface area contributed by atoms with Crippen LogP contribution in [0.3, 0.4) is 0 Å². The highest BCUT2D eigenvalue weighted by Gasteiger charge is 2.51. The molecular weight excluding hydrogens is 658 g/mol. The van der Waals surface area contributed by atoms with Crippen molar-refractivity contribution < 1.29 is 41.5 Å². The number of halogens is 4. The van der Waals surface area contributed by atoms with E-state index in [2.05, 4.69) is 9.97 Å². The lowest BCUT2D eigenvalue weighted by Crippen LogP contribution is -2.39. The first-order valence-corrected chi connectivity index (χ1v) is 15.6. The Morgan fingerprint density at radius 3 is 2.36 bits per heavy atom. The number of hydrogen-bond acceptors (Lipinski definition) is 9. The smallest absolute Gasteiger partial charge is 0.401 e. The van der Waals surface area contributed by atoms with Crippen LogP contribution in [0.1, 0.15) is 51.7 Å². The van der Waals surface area contributed by atoms with Gasteiger partial charge >= 0.3 is 6.18 Å². The molecular formula is C36H39F4N5O5. The van der Waals surface area contributed by atoms with Crippen molar-refractivity contribution in [3.8, 4) is 17.0 Å². The summed E-state index contributed by atoms with van der Waals surface area (Å²) in [5.74, 6) is -2.85. The Morgan fingerprint density at radius 1 is 1.04 bits per heavy atom. The maximum Gasteiger partial charge on any atom is 0.401 e. The Hall–Kier alpha value is -5.27. The maximum absolute atomic E-state index is 15.2. The van der Waals surface area contributed by atoms with Crippen molar-refractivity contribution >= 4 is 40.0 Å². The fourth-order valence-electron chi connectivity index (χ4n) is 4.47. The molecule has 0 bridgehead atoms. The van der Waals surface area contributed by atoms with Gasteiger partial charge in [-0.3, -0.25) is 29.6 Å². The third-order valence-electron chi connectivity index (χ3n) is 7.99. The van der Waals surface area contributed by atoms with Crippen LogP contribution in [0, 0.1) is 16.6 Å². The third kappa shape index (κ3) is 10.1. The zero-order valence-electron chi connectivity index (χ0n) is 28.4. The third-order valence-corrected chi connectivity index (χ3v) is 7.99. The fraction of sp³-hybridized carbons (Fsp3) is 0.361. The highest BCUT2D eigenvalue weighted by Crippen LogP contribution is 2.38. The van der Waals surface area contributed by atoms with Gasteiger partial charge in [-0.15, -0.1) is 0 Å². The van der Waals surface area contributed by atoms with E-state index in [1.807, 2.05) is 6.07 Å². The molecule has 1 aromatic heterocycles. The van der Waals surface area contributed by atoms with Gasteiger partial charge in [0.2, 0.25) is 5.91 Å². The molecule has 0 aliphatic carbocycles. The number of allylic oxidation sites excluding steroid dienone is 4. The Labute approximate surface area is 286 Å². The molecule has 3 rings (SSSR count). The fourth-order valence-corrected chi connectivity index (χ4v) is 4.47. The number of fused-ring (bicyclic) bond motifs is 1. The largest absolute Gasteiger partial charge is 0.491 e.